The fourth-order valence-electron chi connectivity index (χ4n) is 2.04. The summed E-state index contributed by atoms with van der Waals surface area (Å²) in [7, 11) is 0. The second-order valence-electron chi connectivity index (χ2n) is 4.93. The van der Waals surface area contributed by atoms with Gasteiger partial charge in [0.05, 0.1) is 6.54 Å². The highest BCUT2D eigenvalue weighted by atomic mass is 16.4. The number of hydrogen-bond acceptors (Lipinski definition) is 3. The summed E-state index contributed by atoms with van der Waals surface area (Å²) in [6, 6.07) is 0.0500. The third kappa shape index (κ3) is 5.38. The van der Waals surface area contributed by atoms with E-state index in [1.807, 2.05) is 13.8 Å². The highest BCUT2D eigenvalue weighted by Gasteiger charge is 2.25. The molecule has 0 aromatic rings. The minimum absolute atomic E-state index is 0.0499. The van der Waals surface area contributed by atoms with E-state index in [0.29, 0.717) is 0 Å². The summed E-state index contributed by atoms with van der Waals surface area (Å²) in [5.74, 6) is 0.234. The molecular formula is C13H27N3O2. The standard InChI is InChI=1S/C13H27N3O2/c1-5-7-11(8-6-2)13(17)16(10(3)4)9-12(14)15-18/h10-11,18H,5-9H2,1-4H3,(H2,14,15). The van der Waals surface area contributed by atoms with Crippen LogP contribution >= 0.6 is 0 Å². The van der Waals surface area contributed by atoms with Crippen molar-refractivity contribution in [2.24, 2.45) is 16.8 Å². The van der Waals surface area contributed by atoms with Gasteiger partial charge in [-0.2, -0.15) is 0 Å². The molecule has 0 saturated heterocycles. The maximum Gasteiger partial charge on any atom is 0.226 e. The lowest BCUT2D eigenvalue weighted by Gasteiger charge is -2.30. The van der Waals surface area contributed by atoms with Crippen molar-refractivity contribution in [2.75, 3.05) is 6.54 Å². The minimum atomic E-state index is 0.0499. The normalized spacial score (nSPS) is 12.2. The molecule has 0 saturated carbocycles. The number of carbonyl (C=O) groups excluding carboxylic acids is 1. The molecule has 1 amide bonds. The van der Waals surface area contributed by atoms with Gasteiger partial charge in [0.1, 0.15) is 0 Å². The van der Waals surface area contributed by atoms with Gasteiger partial charge < -0.3 is 15.8 Å². The lowest BCUT2D eigenvalue weighted by Crippen LogP contribution is -2.45. The van der Waals surface area contributed by atoms with Crippen LogP contribution in [0.15, 0.2) is 5.16 Å². The zero-order valence-corrected chi connectivity index (χ0v) is 12.0. The zero-order valence-electron chi connectivity index (χ0n) is 12.0. The van der Waals surface area contributed by atoms with Crippen LogP contribution < -0.4 is 5.73 Å². The predicted molar refractivity (Wildman–Crippen MR) is 73.6 cm³/mol. The molecule has 0 atom stereocenters. The number of nitrogens with zero attached hydrogens (tertiary/aromatic N) is 2. The van der Waals surface area contributed by atoms with E-state index in [-0.39, 0.29) is 30.2 Å². The van der Waals surface area contributed by atoms with Crippen molar-refractivity contribution >= 4 is 11.7 Å². The molecular weight excluding hydrogens is 230 g/mol. The Morgan fingerprint density at radius 2 is 1.78 bits per heavy atom. The van der Waals surface area contributed by atoms with Crippen molar-refractivity contribution in [3.05, 3.63) is 0 Å². The molecule has 5 heteroatoms. The molecule has 5 nitrogen and oxygen atoms in total. The molecule has 18 heavy (non-hydrogen) atoms. The van der Waals surface area contributed by atoms with Gasteiger partial charge in [0.25, 0.3) is 0 Å². The van der Waals surface area contributed by atoms with E-state index >= 15 is 0 Å². The molecule has 0 bridgehead atoms. The Labute approximate surface area is 110 Å². The molecule has 0 aromatic carbocycles. The van der Waals surface area contributed by atoms with Gasteiger partial charge in [-0.05, 0) is 26.7 Å². The average Bonchev–Trinajstić information content (AvgIpc) is 2.34. The van der Waals surface area contributed by atoms with Crippen LogP contribution in [0.4, 0.5) is 0 Å². The van der Waals surface area contributed by atoms with Crippen molar-refractivity contribution in [1.29, 1.82) is 0 Å². The predicted octanol–water partition coefficient (Wildman–Crippen LogP) is 2.19. The SMILES string of the molecule is CCCC(CCC)C(=O)N(CC(N)=NO)C(C)C. The fourth-order valence-corrected chi connectivity index (χ4v) is 2.04. The molecule has 0 heterocycles. The van der Waals surface area contributed by atoms with Crippen LogP contribution in [0, 0.1) is 5.92 Å². The Hall–Kier alpha value is -1.26. The molecule has 0 unspecified atom stereocenters. The molecule has 0 aliphatic rings. The van der Waals surface area contributed by atoms with Crippen LogP contribution in [0.5, 0.6) is 0 Å². The first-order valence-corrected chi connectivity index (χ1v) is 6.74. The summed E-state index contributed by atoms with van der Waals surface area (Å²) >= 11 is 0. The lowest BCUT2D eigenvalue weighted by molar-refractivity contribution is -0.137. The van der Waals surface area contributed by atoms with E-state index in [2.05, 4.69) is 19.0 Å². The van der Waals surface area contributed by atoms with E-state index in [0.717, 1.165) is 25.7 Å². The highest BCUT2D eigenvalue weighted by Crippen LogP contribution is 2.18. The van der Waals surface area contributed by atoms with Crippen LogP contribution in [0.3, 0.4) is 0 Å². The molecule has 0 aliphatic heterocycles. The summed E-state index contributed by atoms with van der Waals surface area (Å²) in [6.45, 7) is 8.24. The number of carbonyl (C=O) groups is 1. The molecule has 0 rings (SSSR count). The van der Waals surface area contributed by atoms with Crippen LogP contribution in [-0.2, 0) is 4.79 Å². The van der Waals surface area contributed by atoms with E-state index in [1.54, 1.807) is 4.90 Å². The lowest BCUT2D eigenvalue weighted by atomic mass is 9.96. The second kappa shape index (κ2) is 8.78. The van der Waals surface area contributed by atoms with Crippen LogP contribution in [0.2, 0.25) is 0 Å². The summed E-state index contributed by atoms with van der Waals surface area (Å²) in [6.07, 6.45) is 3.77. The molecule has 0 aliphatic carbocycles. The first kappa shape index (κ1) is 16.7. The van der Waals surface area contributed by atoms with Gasteiger partial charge in [-0.3, -0.25) is 4.79 Å². The first-order chi connectivity index (χ1) is 8.47. The molecule has 0 radical (unpaired) electrons. The van der Waals surface area contributed by atoms with Crippen molar-refractivity contribution in [2.45, 2.75) is 59.4 Å². The van der Waals surface area contributed by atoms with Crippen molar-refractivity contribution in [3.8, 4) is 0 Å². The number of oxime groups is 1. The Kier molecular flexibility index (Phi) is 8.16. The van der Waals surface area contributed by atoms with Gasteiger partial charge in [0.15, 0.2) is 5.84 Å². The number of nitrogens with two attached hydrogens (primary N) is 1. The van der Waals surface area contributed by atoms with Gasteiger partial charge in [-0.1, -0.05) is 31.8 Å². The zero-order chi connectivity index (χ0) is 14.1. The summed E-state index contributed by atoms with van der Waals surface area (Å²) in [4.78, 5) is 14.1. The van der Waals surface area contributed by atoms with E-state index in [1.165, 1.54) is 0 Å². The number of amides is 1. The largest absolute Gasteiger partial charge is 0.409 e. The van der Waals surface area contributed by atoms with E-state index < -0.39 is 0 Å². The first-order valence-electron chi connectivity index (χ1n) is 6.74. The molecule has 0 fully saturated rings. The van der Waals surface area contributed by atoms with Gasteiger partial charge in [-0.25, -0.2) is 0 Å². The topological polar surface area (TPSA) is 78.9 Å². The van der Waals surface area contributed by atoms with Crippen molar-refractivity contribution in [1.82, 2.24) is 4.90 Å². The summed E-state index contributed by atoms with van der Waals surface area (Å²) in [5, 5.41) is 11.6. The van der Waals surface area contributed by atoms with Crippen LogP contribution in [0.1, 0.15) is 53.4 Å². The highest BCUT2D eigenvalue weighted by molar-refractivity contribution is 5.87. The minimum Gasteiger partial charge on any atom is -0.409 e. The van der Waals surface area contributed by atoms with Gasteiger partial charge in [0.2, 0.25) is 5.91 Å². The maximum absolute atomic E-state index is 12.4. The van der Waals surface area contributed by atoms with E-state index in [4.69, 9.17) is 10.9 Å². The summed E-state index contributed by atoms with van der Waals surface area (Å²) < 4.78 is 0. The maximum atomic E-state index is 12.4. The van der Waals surface area contributed by atoms with E-state index in [9.17, 15) is 4.79 Å². The Balaban J connectivity index is 4.80. The molecule has 106 valence electrons. The number of hydrogen-bond donors (Lipinski definition) is 2. The van der Waals surface area contributed by atoms with Crippen LogP contribution in [0.25, 0.3) is 0 Å². The number of rotatable bonds is 8. The molecule has 0 aromatic heterocycles. The Bertz CT molecular complexity index is 271. The smallest absolute Gasteiger partial charge is 0.226 e. The van der Waals surface area contributed by atoms with Crippen molar-refractivity contribution < 1.29 is 10.0 Å². The third-order valence-electron chi connectivity index (χ3n) is 2.99. The summed E-state index contributed by atoms with van der Waals surface area (Å²) in [5.41, 5.74) is 5.50. The number of amidine groups is 1. The van der Waals surface area contributed by atoms with Crippen LogP contribution in [-0.4, -0.2) is 34.4 Å². The Morgan fingerprint density at radius 1 is 1.28 bits per heavy atom. The average molecular weight is 257 g/mol. The van der Waals surface area contributed by atoms with Gasteiger partial charge >= 0.3 is 0 Å². The monoisotopic (exact) mass is 257 g/mol. The third-order valence-corrected chi connectivity index (χ3v) is 2.99. The Morgan fingerprint density at radius 3 is 2.11 bits per heavy atom. The molecule has 0 spiro atoms. The van der Waals surface area contributed by atoms with Gasteiger partial charge in [-0.15, -0.1) is 0 Å². The van der Waals surface area contributed by atoms with Gasteiger partial charge in [0, 0.05) is 12.0 Å². The van der Waals surface area contributed by atoms with Crippen molar-refractivity contribution in [3.63, 3.8) is 0 Å². The second-order valence-corrected chi connectivity index (χ2v) is 4.93. The fraction of sp³-hybridized carbons (Fsp3) is 0.846. The quantitative estimate of drug-likeness (QED) is 0.303. The molecule has 3 N–H and O–H groups in total.